The quantitative estimate of drug-likeness (QED) is 0.849. The minimum absolute atomic E-state index is 0.652. The molecule has 2 atom stereocenters. The van der Waals surface area contributed by atoms with Gasteiger partial charge in [0, 0.05) is 16.1 Å². The number of hydrogen-bond acceptors (Lipinski definition) is 2. The van der Waals surface area contributed by atoms with Crippen LogP contribution in [0.2, 0.25) is 0 Å². The Morgan fingerprint density at radius 2 is 2.11 bits per heavy atom. The molecule has 19 heavy (non-hydrogen) atoms. The molecule has 1 N–H and O–H groups in total. The fraction of sp³-hybridized carbons (Fsp3) is 0.375. The highest BCUT2D eigenvalue weighted by atomic mass is 79.9. The van der Waals surface area contributed by atoms with Crippen LogP contribution in [0.15, 0.2) is 39.2 Å². The van der Waals surface area contributed by atoms with Gasteiger partial charge in [-0.1, -0.05) is 13.0 Å². The molecule has 1 aliphatic rings. The van der Waals surface area contributed by atoms with E-state index in [4.69, 9.17) is 4.42 Å². The van der Waals surface area contributed by atoms with E-state index in [1.807, 2.05) is 0 Å². The van der Waals surface area contributed by atoms with E-state index in [1.54, 1.807) is 0 Å². The molecule has 1 aromatic carbocycles. The summed E-state index contributed by atoms with van der Waals surface area (Å²) in [5.41, 5.74) is 2.36. The third kappa shape index (κ3) is 2.86. The first kappa shape index (κ1) is 12.8. The number of hydrogen-bond donors (Lipinski definition) is 1. The van der Waals surface area contributed by atoms with E-state index in [9.17, 15) is 0 Å². The maximum atomic E-state index is 5.89. The molecule has 0 amide bonds. The summed E-state index contributed by atoms with van der Waals surface area (Å²) >= 11 is 3.56. The normalized spacial score (nSPS) is 21.4. The van der Waals surface area contributed by atoms with Crippen LogP contribution in [0.25, 0.3) is 0 Å². The third-order valence-corrected chi connectivity index (χ3v) is 4.42. The molecule has 0 saturated heterocycles. The molecule has 1 fully saturated rings. The molecule has 2 unspecified atom stereocenters. The van der Waals surface area contributed by atoms with Crippen molar-refractivity contribution in [1.82, 2.24) is 0 Å². The smallest absolute Gasteiger partial charge is 0.123 e. The lowest BCUT2D eigenvalue weighted by molar-refractivity contribution is 0.468. The zero-order chi connectivity index (χ0) is 13.4. The summed E-state index contributed by atoms with van der Waals surface area (Å²) in [5, 5.41) is 3.41. The second-order valence-electron chi connectivity index (χ2n) is 5.46. The molecule has 1 aliphatic carbocycles. The summed E-state index contributed by atoms with van der Waals surface area (Å²) in [4.78, 5) is 0. The number of nitrogens with one attached hydrogen (secondary N) is 1. The highest BCUT2D eigenvalue weighted by molar-refractivity contribution is 9.10. The standard InChI is InChI=1S/C16H18BrNO/c1-10-3-5-14(17)15(7-10)18-9-12-4-6-16(19-12)13-8-11(13)2/h3-7,11,13,18H,8-9H2,1-2H3. The van der Waals surface area contributed by atoms with Crippen LogP contribution in [0.3, 0.4) is 0 Å². The van der Waals surface area contributed by atoms with Crippen molar-refractivity contribution >= 4 is 21.6 Å². The number of anilines is 1. The highest BCUT2D eigenvalue weighted by Crippen LogP contribution is 2.47. The van der Waals surface area contributed by atoms with Crippen molar-refractivity contribution < 1.29 is 4.42 Å². The summed E-state index contributed by atoms with van der Waals surface area (Å²) in [6, 6.07) is 10.5. The van der Waals surface area contributed by atoms with Crippen molar-refractivity contribution in [3.05, 3.63) is 51.9 Å². The van der Waals surface area contributed by atoms with Crippen LogP contribution < -0.4 is 5.32 Å². The average molecular weight is 320 g/mol. The predicted molar refractivity (Wildman–Crippen MR) is 81.4 cm³/mol. The van der Waals surface area contributed by atoms with Crippen molar-refractivity contribution in [1.29, 1.82) is 0 Å². The van der Waals surface area contributed by atoms with Gasteiger partial charge in [-0.05, 0) is 65.0 Å². The lowest BCUT2D eigenvalue weighted by atomic mass is 10.2. The van der Waals surface area contributed by atoms with Gasteiger partial charge in [-0.25, -0.2) is 0 Å². The van der Waals surface area contributed by atoms with Crippen molar-refractivity contribution in [3.63, 3.8) is 0 Å². The van der Waals surface area contributed by atoms with Gasteiger partial charge < -0.3 is 9.73 Å². The average Bonchev–Trinajstić information content (AvgIpc) is 2.93. The number of furan rings is 1. The first-order chi connectivity index (χ1) is 9.13. The molecule has 3 rings (SSSR count). The molecule has 1 aromatic heterocycles. The van der Waals surface area contributed by atoms with Crippen LogP contribution in [0, 0.1) is 12.8 Å². The van der Waals surface area contributed by atoms with Gasteiger partial charge in [0.15, 0.2) is 0 Å². The predicted octanol–water partition coefficient (Wildman–Crippen LogP) is 5.09. The van der Waals surface area contributed by atoms with Crippen LogP contribution in [0.1, 0.15) is 36.3 Å². The van der Waals surface area contributed by atoms with Gasteiger partial charge in [-0.3, -0.25) is 0 Å². The van der Waals surface area contributed by atoms with Gasteiger partial charge in [-0.15, -0.1) is 0 Å². The van der Waals surface area contributed by atoms with Crippen LogP contribution >= 0.6 is 15.9 Å². The fourth-order valence-corrected chi connectivity index (χ4v) is 2.75. The molecule has 0 radical (unpaired) electrons. The molecule has 1 heterocycles. The molecule has 2 aromatic rings. The zero-order valence-electron chi connectivity index (χ0n) is 11.2. The Balaban J connectivity index is 1.65. The zero-order valence-corrected chi connectivity index (χ0v) is 12.8. The van der Waals surface area contributed by atoms with Crippen molar-refractivity contribution in [2.24, 2.45) is 5.92 Å². The van der Waals surface area contributed by atoms with Crippen LogP contribution in [0.4, 0.5) is 5.69 Å². The van der Waals surface area contributed by atoms with E-state index in [2.05, 4.69) is 65.4 Å². The first-order valence-electron chi connectivity index (χ1n) is 6.72. The molecular formula is C16H18BrNO. The minimum atomic E-state index is 0.652. The lowest BCUT2D eigenvalue weighted by Crippen LogP contribution is -1.99. The second-order valence-corrected chi connectivity index (χ2v) is 6.31. The number of benzene rings is 1. The molecular weight excluding hydrogens is 302 g/mol. The van der Waals surface area contributed by atoms with Gasteiger partial charge in [0.25, 0.3) is 0 Å². The molecule has 2 nitrogen and oxygen atoms in total. The first-order valence-corrected chi connectivity index (χ1v) is 7.51. The van der Waals surface area contributed by atoms with E-state index in [1.165, 1.54) is 12.0 Å². The Hall–Kier alpha value is -1.22. The Kier molecular flexibility index (Phi) is 3.40. The molecule has 0 spiro atoms. The van der Waals surface area contributed by atoms with E-state index in [0.717, 1.165) is 34.1 Å². The Morgan fingerprint density at radius 3 is 2.84 bits per heavy atom. The SMILES string of the molecule is Cc1ccc(Br)c(NCc2ccc(C3CC3C)o2)c1. The number of rotatable bonds is 4. The fourth-order valence-electron chi connectivity index (χ4n) is 2.36. The van der Waals surface area contributed by atoms with E-state index < -0.39 is 0 Å². The van der Waals surface area contributed by atoms with E-state index >= 15 is 0 Å². The summed E-state index contributed by atoms with van der Waals surface area (Å²) in [6.45, 7) is 5.09. The molecule has 0 aliphatic heterocycles. The lowest BCUT2D eigenvalue weighted by Gasteiger charge is -2.08. The van der Waals surface area contributed by atoms with Crippen molar-refractivity contribution in [2.75, 3.05) is 5.32 Å². The van der Waals surface area contributed by atoms with E-state index in [0.29, 0.717) is 5.92 Å². The van der Waals surface area contributed by atoms with Gasteiger partial charge in [0.2, 0.25) is 0 Å². The summed E-state index contributed by atoms with van der Waals surface area (Å²) in [6.07, 6.45) is 1.27. The van der Waals surface area contributed by atoms with Crippen molar-refractivity contribution in [2.45, 2.75) is 32.7 Å². The van der Waals surface area contributed by atoms with Crippen molar-refractivity contribution in [3.8, 4) is 0 Å². The monoisotopic (exact) mass is 319 g/mol. The maximum Gasteiger partial charge on any atom is 0.123 e. The maximum absolute atomic E-state index is 5.89. The van der Waals surface area contributed by atoms with Crippen LogP contribution in [-0.2, 0) is 6.54 Å². The Labute approximate surface area is 122 Å². The third-order valence-electron chi connectivity index (χ3n) is 3.73. The Morgan fingerprint density at radius 1 is 1.32 bits per heavy atom. The summed E-state index contributed by atoms with van der Waals surface area (Å²) in [5.74, 6) is 3.59. The largest absolute Gasteiger partial charge is 0.464 e. The molecule has 0 bridgehead atoms. The van der Waals surface area contributed by atoms with Gasteiger partial charge >= 0.3 is 0 Å². The van der Waals surface area contributed by atoms with E-state index in [-0.39, 0.29) is 0 Å². The van der Waals surface area contributed by atoms with Gasteiger partial charge in [0.1, 0.15) is 11.5 Å². The highest BCUT2D eigenvalue weighted by Gasteiger charge is 2.36. The Bertz CT molecular complexity index is 590. The second kappa shape index (κ2) is 5.04. The number of aryl methyl sites for hydroxylation is 1. The van der Waals surface area contributed by atoms with Crippen LogP contribution in [-0.4, -0.2) is 0 Å². The minimum Gasteiger partial charge on any atom is -0.464 e. The molecule has 1 saturated carbocycles. The summed E-state index contributed by atoms with van der Waals surface area (Å²) < 4.78 is 6.98. The topological polar surface area (TPSA) is 25.2 Å². The van der Waals surface area contributed by atoms with Gasteiger partial charge in [-0.2, -0.15) is 0 Å². The van der Waals surface area contributed by atoms with Crippen LogP contribution in [0.5, 0.6) is 0 Å². The van der Waals surface area contributed by atoms with Gasteiger partial charge in [0.05, 0.1) is 6.54 Å². The summed E-state index contributed by atoms with van der Waals surface area (Å²) in [7, 11) is 0. The molecule has 3 heteroatoms. The molecule has 100 valence electrons. The number of halogens is 1.